The van der Waals surface area contributed by atoms with Gasteiger partial charge in [-0.1, -0.05) is 48.5 Å². The molecule has 3 aromatic carbocycles. The first kappa shape index (κ1) is 14.4. The molecule has 112 valence electrons. The van der Waals surface area contributed by atoms with Gasteiger partial charge >= 0.3 is 0 Å². The van der Waals surface area contributed by atoms with Crippen molar-refractivity contribution in [3.8, 4) is 11.5 Å². The van der Waals surface area contributed by atoms with Crippen LogP contribution in [0.1, 0.15) is 11.1 Å². The second-order valence-electron chi connectivity index (χ2n) is 5.43. The van der Waals surface area contributed by atoms with Crippen molar-refractivity contribution in [2.75, 3.05) is 6.54 Å². The van der Waals surface area contributed by atoms with Crippen molar-refractivity contribution in [3.05, 3.63) is 71.8 Å². The van der Waals surface area contributed by atoms with Gasteiger partial charge in [0, 0.05) is 6.54 Å². The maximum absolute atomic E-state index is 9.59. The van der Waals surface area contributed by atoms with E-state index in [4.69, 9.17) is 0 Å². The average Bonchev–Trinajstić information content (AvgIpc) is 2.54. The molecule has 0 radical (unpaired) electrons. The van der Waals surface area contributed by atoms with Crippen LogP contribution < -0.4 is 5.32 Å². The third-order valence-corrected chi connectivity index (χ3v) is 3.76. The van der Waals surface area contributed by atoms with Gasteiger partial charge in [0.15, 0.2) is 11.5 Å². The summed E-state index contributed by atoms with van der Waals surface area (Å²) in [4.78, 5) is 0. The molecular weight excluding hydrogens is 274 g/mol. The molecule has 0 unspecified atom stereocenters. The Kier molecular flexibility index (Phi) is 4.26. The van der Waals surface area contributed by atoms with E-state index in [0.717, 1.165) is 30.3 Å². The van der Waals surface area contributed by atoms with E-state index in [-0.39, 0.29) is 11.5 Å². The Morgan fingerprint density at radius 2 is 1.45 bits per heavy atom. The van der Waals surface area contributed by atoms with Gasteiger partial charge in [0.05, 0.1) is 0 Å². The highest BCUT2D eigenvalue weighted by Gasteiger charge is 2.03. The maximum atomic E-state index is 9.59. The zero-order valence-corrected chi connectivity index (χ0v) is 12.3. The fourth-order valence-corrected chi connectivity index (χ4v) is 2.54. The molecule has 0 atom stereocenters. The van der Waals surface area contributed by atoms with Gasteiger partial charge in [-0.3, -0.25) is 0 Å². The molecule has 0 bridgehead atoms. The SMILES string of the molecule is Oc1cc2ccc(CCNCc3ccccc3)cc2cc1O. The first-order valence-electron chi connectivity index (χ1n) is 7.41. The first-order valence-corrected chi connectivity index (χ1v) is 7.41. The molecule has 3 N–H and O–H groups in total. The number of hydrogen-bond donors (Lipinski definition) is 3. The molecule has 0 spiro atoms. The number of nitrogens with one attached hydrogen (secondary N) is 1. The van der Waals surface area contributed by atoms with Crippen LogP contribution in [0.5, 0.6) is 11.5 Å². The highest BCUT2D eigenvalue weighted by atomic mass is 16.3. The minimum absolute atomic E-state index is 0.0770. The molecule has 3 aromatic rings. The van der Waals surface area contributed by atoms with E-state index in [0.29, 0.717) is 0 Å². The van der Waals surface area contributed by atoms with Gasteiger partial charge in [-0.05, 0) is 47.0 Å². The third kappa shape index (κ3) is 3.38. The minimum Gasteiger partial charge on any atom is -0.504 e. The molecule has 0 aliphatic rings. The summed E-state index contributed by atoms with van der Waals surface area (Å²) in [6.45, 7) is 1.76. The van der Waals surface area contributed by atoms with Gasteiger partial charge in [-0.15, -0.1) is 0 Å². The van der Waals surface area contributed by atoms with Crippen molar-refractivity contribution in [2.24, 2.45) is 0 Å². The Morgan fingerprint density at radius 1 is 0.727 bits per heavy atom. The predicted octanol–water partition coefficient (Wildman–Crippen LogP) is 3.58. The summed E-state index contributed by atoms with van der Waals surface area (Å²) in [6, 6.07) is 19.6. The Balaban J connectivity index is 1.61. The third-order valence-electron chi connectivity index (χ3n) is 3.76. The van der Waals surface area contributed by atoms with Crippen LogP contribution in [0.2, 0.25) is 0 Å². The zero-order chi connectivity index (χ0) is 15.4. The molecule has 0 saturated heterocycles. The van der Waals surface area contributed by atoms with Crippen molar-refractivity contribution in [1.29, 1.82) is 0 Å². The van der Waals surface area contributed by atoms with E-state index in [1.165, 1.54) is 11.1 Å². The van der Waals surface area contributed by atoms with Gasteiger partial charge in [0.1, 0.15) is 0 Å². The molecule has 3 heteroatoms. The lowest BCUT2D eigenvalue weighted by molar-refractivity contribution is 0.405. The number of rotatable bonds is 5. The van der Waals surface area contributed by atoms with Crippen molar-refractivity contribution in [2.45, 2.75) is 13.0 Å². The van der Waals surface area contributed by atoms with Gasteiger partial charge in [0.25, 0.3) is 0 Å². The van der Waals surface area contributed by atoms with E-state index >= 15 is 0 Å². The molecule has 0 aromatic heterocycles. The van der Waals surface area contributed by atoms with E-state index < -0.39 is 0 Å². The molecule has 0 fully saturated rings. The average molecular weight is 293 g/mol. The number of phenolic OH excluding ortho intramolecular Hbond substituents is 2. The van der Waals surface area contributed by atoms with E-state index in [1.54, 1.807) is 12.1 Å². The zero-order valence-electron chi connectivity index (χ0n) is 12.3. The topological polar surface area (TPSA) is 52.5 Å². The molecule has 0 amide bonds. The van der Waals surface area contributed by atoms with Crippen LogP contribution in [0.25, 0.3) is 10.8 Å². The molecular formula is C19H19NO2. The smallest absolute Gasteiger partial charge is 0.158 e. The number of benzene rings is 3. The number of aromatic hydroxyl groups is 2. The van der Waals surface area contributed by atoms with Crippen LogP contribution >= 0.6 is 0 Å². The molecule has 0 heterocycles. The largest absolute Gasteiger partial charge is 0.504 e. The predicted molar refractivity (Wildman–Crippen MR) is 89.1 cm³/mol. The highest BCUT2D eigenvalue weighted by molar-refractivity contribution is 5.86. The van der Waals surface area contributed by atoms with Crippen LogP contribution in [0.4, 0.5) is 0 Å². The van der Waals surface area contributed by atoms with Crippen molar-refractivity contribution >= 4 is 10.8 Å². The highest BCUT2D eigenvalue weighted by Crippen LogP contribution is 2.30. The summed E-state index contributed by atoms with van der Waals surface area (Å²) in [5, 5.41) is 24.4. The second-order valence-corrected chi connectivity index (χ2v) is 5.43. The molecule has 3 nitrogen and oxygen atoms in total. The second kappa shape index (κ2) is 6.50. The van der Waals surface area contributed by atoms with Crippen molar-refractivity contribution < 1.29 is 10.2 Å². The molecule has 3 rings (SSSR count). The maximum Gasteiger partial charge on any atom is 0.158 e. The van der Waals surface area contributed by atoms with Crippen LogP contribution in [0.3, 0.4) is 0 Å². The summed E-state index contributed by atoms with van der Waals surface area (Å²) in [5.41, 5.74) is 2.49. The van der Waals surface area contributed by atoms with E-state index in [9.17, 15) is 10.2 Å². The van der Waals surface area contributed by atoms with Crippen LogP contribution in [0.15, 0.2) is 60.7 Å². The molecule has 22 heavy (non-hydrogen) atoms. The van der Waals surface area contributed by atoms with Crippen LogP contribution in [-0.4, -0.2) is 16.8 Å². The molecule has 0 aliphatic carbocycles. The van der Waals surface area contributed by atoms with E-state index in [2.05, 4.69) is 29.6 Å². The number of fused-ring (bicyclic) bond motifs is 1. The number of hydrogen-bond acceptors (Lipinski definition) is 3. The van der Waals surface area contributed by atoms with Gasteiger partial charge in [-0.2, -0.15) is 0 Å². The van der Waals surface area contributed by atoms with Gasteiger partial charge in [0.2, 0.25) is 0 Å². The monoisotopic (exact) mass is 293 g/mol. The fourth-order valence-electron chi connectivity index (χ4n) is 2.54. The van der Waals surface area contributed by atoms with E-state index in [1.807, 2.05) is 24.3 Å². The number of phenols is 2. The Hall–Kier alpha value is -2.52. The lowest BCUT2D eigenvalue weighted by atomic mass is 10.0. The van der Waals surface area contributed by atoms with Crippen molar-refractivity contribution in [1.82, 2.24) is 5.32 Å². The standard InChI is InChI=1S/C19H19NO2/c21-18-11-16-7-6-14(10-17(16)12-19(18)22)8-9-20-13-15-4-2-1-3-5-15/h1-7,10-12,20-22H,8-9,13H2. The Labute approximate surface area is 129 Å². The van der Waals surface area contributed by atoms with Crippen molar-refractivity contribution in [3.63, 3.8) is 0 Å². The fraction of sp³-hybridized carbons (Fsp3) is 0.158. The van der Waals surface area contributed by atoms with Crippen LogP contribution in [-0.2, 0) is 13.0 Å². The Morgan fingerprint density at radius 3 is 2.23 bits per heavy atom. The van der Waals surface area contributed by atoms with Gasteiger partial charge < -0.3 is 15.5 Å². The minimum atomic E-state index is -0.0789. The lowest BCUT2D eigenvalue weighted by Gasteiger charge is -2.07. The summed E-state index contributed by atoms with van der Waals surface area (Å²) in [7, 11) is 0. The normalized spacial score (nSPS) is 10.9. The summed E-state index contributed by atoms with van der Waals surface area (Å²) >= 11 is 0. The first-order chi connectivity index (χ1) is 10.7. The Bertz CT molecular complexity index is 769. The van der Waals surface area contributed by atoms with Crippen LogP contribution in [0, 0.1) is 0 Å². The lowest BCUT2D eigenvalue weighted by Crippen LogP contribution is -2.16. The molecule has 0 saturated carbocycles. The summed E-state index contributed by atoms with van der Waals surface area (Å²) in [5.74, 6) is -0.156. The summed E-state index contributed by atoms with van der Waals surface area (Å²) < 4.78 is 0. The van der Waals surface area contributed by atoms with Gasteiger partial charge in [-0.25, -0.2) is 0 Å². The quantitative estimate of drug-likeness (QED) is 0.498. The summed E-state index contributed by atoms with van der Waals surface area (Å²) in [6.07, 6.45) is 0.921. The molecule has 0 aliphatic heterocycles.